The van der Waals surface area contributed by atoms with Gasteiger partial charge in [-0.1, -0.05) is 44.2 Å². The number of benzene rings is 2. The first-order chi connectivity index (χ1) is 9.08. The van der Waals surface area contributed by atoms with Gasteiger partial charge in [-0.2, -0.15) is 0 Å². The first-order valence-electron chi connectivity index (χ1n) is 6.62. The molecule has 1 N–H and O–H groups in total. The molecule has 2 aromatic carbocycles. The topological polar surface area (TPSA) is 29.5 Å². The molecule has 0 saturated heterocycles. The summed E-state index contributed by atoms with van der Waals surface area (Å²) in [5.41, 5.74) is 2.09. The maximum Gasteiger partial charge on any atom is 0.133 e. The molecule has 1 unspecified atom stereocenters. The van der Waals surface area contributed by atoms with E-state index in [1.54, 1.807) is 6.92 Å². The van der Waals surface area contributed by atoms with Crippen LogP contribution in [0.2, 0.25) is 0 Å². The van der Waals surface area contributed by atoms with Gasteiger partial charge in [-0.3, -0.25) is 0 Å². The van der Waals surface area contributed by atoms with Gasteiger partial charge in [0.05, 0.1) is 6.10 Å². The normalized spacial score (nSPS) is 12.5. The Hall–Kier alpha value is -1.80. The van der Waals surface area contributed by atoms with Crippen molar-refractivity contribution in [2.24, 2.45) is 0 Å². The molecule has 2 rings (SSSR count). The van der Waals surface area contributed by atoms with Crippen LogP contribution >= 0.6 is 0 Å². The summed E-state index contributed by atoms with van der Waals surface area (Å²) in [4.78, 5) is 0. The maximum atomic E-state index is 9.72. The van der Waals surface area contributed by atoms with Gasteiger partial charge in [-0.25, -0.2) is 0 Å². The van der Waals surface area contributed by atoms with E-state index < -0.39 is 6.10 Å². The lowest BCUT2D eigenvalue weighted by Crippen LogP contribution is -1.96. The molecular formula is C17H20O2. The Kier molecular flexibility index (Phi) is 4.23. The van der Waals surface area contributed by atoms with E-state index in [2.05, 4.69) is 26.0 Å². The summed E-state index contributed by atoms with van der Waals surface area (Å²) >= 11 is 0. The molecule has 1 atom stereocenters. The van der Waals surface area contributed by atoms with Crippen molar-refractivity contribution in [3.8, 4) is 11.5 Å². The lowest BCUT2D eigenvalue weighted by atomic mass is 10.0. The number of aliphatic hydroxyl groups excluding tert-OH is 1. The highest BCUT2D eigenvalue weighted by Crippen LogP contribution is 2.30. The van der Waals surface area contributed by atoms with E-state index in [4.69, 9.17) is 4.74 Å². The minimum absolute atomic E-state index is 0.513. The molecule has 0 saturated carbocycles. The van der Waals surface area contributed by atoms with Crippen molar-refractivity contribution in [2.75, 3.05) is 0 Å². The standard InChI is InChI=1S/C17H20O2/c1-12(2)14-8-10-15(11-9-14)19-17-7-5-4-6-16(17)13(3)18/h4-13,18H,1-3H3. The molecule has 0 radical (unpaired) electrons. The minimum atomic E-state index is -0.536. The number of ether oxygens (including phenoxy) is 1. The van der Waals surface area contributed by atoms with Crippen molar-refractivity contribution >= 4 is 0 Å². The van der Waals surface area contributed by atoms with Crippen molar-refractivity contribution in [2.45, 2.75) is 32.8 Å². The SMILES string of the molecule is CC(C)c1ccc(Oc2ccccc2C(C)O)cc1. The molecule has 100 valence electrons. The van der Waals surface area contributed by atoms with Crippen LogP contribution in [0.5, 0.6) is 11.5 Å². The fraction of sp³-hybridized carbons (Fsp3) is 0.294. The molecular weight excluding hydrogens is 236 g/mol. The van der Waals surface area contributed by atoms with Gasteiger partial charge in [0, 0.05) is 5.56 Å². The third-order valence-electron chi connectivity index (χ3n) is 3.14. The quantitative estimate of drug-likeness (QED) is 0.862. The molecule has 0 amide bonds. The average Bonchev–Trinajstić information content (AvgIpc) is 2.39. The Morgan fingerprint density at radius 2 is 1.53 bits per heavy atom. The van der Waals surface area contributed by atoms with Crippen LogP contribution in [0.3, 0.4) is 0 Å². The Morgan fingerprint density at radius 3 is 2.11 bits per heavy atom. The van der Waals surface area contributed by atoms with Gasteiger partial charge in [0.15, 0.2) is 0 Å². The summed E-state index contributed by atoms with van der Waals surface area (Å²) in [7, 11) is 0. The highest BCUT2D eigenvalue weighted by atomic mass is 16.5. The lowest BCUT2D eigenvalue weighted by molar-refractivity contribution is 0.195. The Balaban J connectivity index is 2.21. The van der Waals surface area contributed by atoms with Crippen LogP contribution in [0.4, 0.5) is 0 Å². The van der Waals surface area contributed by atoms with Crippen molar-refractivity contribution in [3.05, 3.63) is 59.7 Å². The first kappa shape index (κ1) is 13.6. The van der Waals surface area contributed by atoms with Gasteiger partial charge < -0.3 is 9.84 Å². The fourth-order valence-electron chi connectivity index (χ4n) is 1.97. The van der Waals surface area contributed by atoms with Gasteiger partial charge >= 0.3 is 0 Å². The number of para-hydroxylation sites is 1. The smallest absolute Gasteiger partial charge is 0.133 e. The molecule has 0 aromatic heterocycles. The summed E-state index contributed by atoms with van der Waals surface area (Å²) in [5.74, 6) is 2.01. The highest BCUT2D eigenvalue weighted by molar-refractivity contribution is 5.39. The van der Waals surface area contributed by atoms with E-state index in [0.717, 1.165) is 11.3 Å². The zero-order valence-corrected chi connectivity index (χ0v) is 11.6. The van der Waals surface area contributed by atoms with E-state index in [1.807, 2.05) is 36.4 Å². The predicted octanol–water partition coefficient (Wildman–Crippen LogP) is 4.66. The third kappa shape index (κ3) is 3.36. The second-order valence-electron chi connectivity index (χ2n) is 5.04. The van der Waals surface area contributed by atoms with Crippen molar-refractivity contribution in [3.63, 3.8) is 0 Å². The molecule has 19 heavy (non-hydrogen) atoms. The van der Waals surface area contributed by atoms with E-state index >= 15 is 0 Å². The highest BCUT2D eigenvalue weighted by Gasteiger charge is 2.09. The zero-order chi connectivity index (χ0) is 13.8. The van der Waals surface area contributed by atoms with Crippen LogP contribution in [0.1, 0.15) is 43.9 Å². The van der Waals surface area contributed by atoms with Crippen molar-refractivity contribution in [1.82, 2.24) is 0 Å². The summed E-state index contributed by atoms with van der Waals surface area (Å²) in [5, 5.41) is 9.72. The third-order valence-corrected chi connectivity index (χ3v) is 3.14. The van der Waals surface area contributed by atoms with Crippen LogP contribution in [-0.2, 0) is 0 Å². The van der Waals surface area contributed by atoms with E-state index in [0.29, 0.717) is 11.7 Å². The van der Waals surface area contributed by atoms with E-state index in [-0.39, 0.29) is 0 Å². The molecule has 0 aliphatic rings. The molecule has 2 heteroatoms. The monoisotopic (exact) mass is 256 g/mol. The Morgan fingerprint density at radius 1 is 0.895 bits per heavy atom. The average molecular weight is 256 g/mol. The second-order valence-corrected chi connectivity index (χ2v) is 5.04. The summed E-state index contributed by atoms with van der Waals surface area (Å²) in [6.07, 6.45) is -0.536. The van der Waals surface area contributed by atoms with Crippen LogP contribution in [0.25, 0.3) is 0 Å². The summed E-state index contributed by atoms with van der Waals surface area (Å²) < 4.78 is 5.85. The van der Waals surface area contributed by atoms with E-state index in [1.165, 1.54) is 5.56 Å². The molecule has 0 fully saturated rings. The molecule has 0 heterocycles. The van der Waals surface area contributed by atoms with Crippen molar-refractivity contribution < 1.29 is 9.84 Å². The van der Waals surface area contributed by atoms with Gasteiger partial charge in [0.25, 0.3) is 0 Å². The molecule has 0 spiro atoms. The van der Waals surface area contributed by atoms with Crippen molar-refractivity contribution in [1.29, 1.82) is 0 Å². The molecule has 2 nitrogen and oxygen atoms in total. The Bertz CT molecular complexity index is 527. The molecule has 0 bridgehead atoms. The second kappa shape index (κ2) is 5.89. The van der Waals surface area contributed by atoms with Crippen LogP contribution in [0.15, 0.2) is 48.5 Å². The molecule has 0 aliphatic carbocycles. The summed E-state index contributed by atoms with van der Waals surface area (Å²) in [6.45, 7) is 6.07. The molecule has 0 aliphatic heterocycles. The Labute approximate surface area is 114 Å². The maximum absolute atomic E-state index is 9.72. The van der Waals surface area contributed by atoms with Gasteiger partial charge in [-0.05, 0) is 36.6 Å². The summed E-state index contributed by atoms with van der Waals surface area (Å²) in [6, 6.07) is 15.6. The van der Waals surface area contributed by atoms with Crippen LogP contribution < -0.4 is 4.74 Å². The predicted molar refractivity (Wildman–Crippen MR) is 77.7 cm³/mol. The first-order valence-corrected chi connectivity index (χ1v) is 6.62. The number of hydrogen-bond acceptors (Lipinski definition) is 2. The molecule has 2 aromatic rings. The fourth-order valence-corrected chi connectivity index (χ4v) is 1.97. The zero-order valence-electron chi connectivity index (χ0n) is 11.6. The van der Waals surface area contributed by atoms with E-state index in [9.17, 15) is 5.11 Å². The van der Waals surface area contributed by atoms with Crippen LogP contribution in [-0.4, -0.2) is 5.11 Å². The largest absolute Gasteiger partial charge is 0.457 e. The number of aliphatic hydroxyl groups is 1. The van der Waals surface area contributed by atoms with Crippen LogP contribution in [0, 0.1) is 0 Å². The van der Waals surface area contributed by atoms with Gasteiger partial charge in [-0.15, -0.1) is 0 Å². The minimum Gasteiger partial charge on any atom is -0.457 e. The lowest BCUT2D eigenvalue weighted by Gasteiger charge is -2.13. The van der Waals surface area contributed by atoms with Gasteiger partial charge in [0.1, 0.15) is 11.5 Å². The number of rotatable bonds is 4. The number of hydrogen-bond donors (Lipinski definition) is 1. The van der Waals surface area contributed by atoms with Gasteiger partial charge in [0.2, 0.25) is 0 Å².